The molecule has 15 heavy (non-hydrogen) atoms. The van der Waals surface area contributed by atoms with Gasteiger partial charge in [-0.15, -0.1) is 0 Å². The predicted octanol–water partition coefficient (Wildman–Crippen LogP) is 2.09. The Morgan fingerprint density at radius 1 is 1.60 bits per heavy atom. The first kappa shape index (κ1) is 10.7. The van der Waals surface area contributed by atoms with Crippen molar-refractivity contribution in [2.45, 2.75) is 45.2 Å². The first-order chi connectivity index (χ1) is 7.25. The topological polar surface area (TPSA) is 29.9 Å². The summed E-state index contributed by atoms with van der Waals surface area (Å²) < 4.78 is 2.07. The summed E-state index contributed by atoms with van der Waals surface area (Å²) in [5, 5.41) is 3.54. The van der Waals surface area contributed by atoms with Crippen LogP contribution >= 0.6 is 0 Å². The van der Waals surface area contributed by atoms with Crippen molar-refractivity contribution in [1.82, 2.24) is 14.9 Å². The third kappa shape index (κ3) is 2.81. The van der Waals surface area contributed by atoms with E-state index in [4.69, 9.17) is 0 Å². The van der Waals surface area contributed by atoms with E-state index in [1.807, 2.05) is 19.4 Å². The summed E-state index contributed by atoms with van der Waals surface area (Å²) in [6.07, 6.45) is 9.49. The van der Waals surface area contributed by atoms with Crippen LogP contribution in [0, 0.1) is 5.92 Å². The lowest BCUT2D eigenvalue weighted by Gasteiger charge is -2.28. The Morgan fingerprint density at radius 3 is 2.93 bits per heavy atom. The molecule has 0 radical (unpaired) electrons. The maximum atomic E-state index is 4.30. The van der Waals surface area contributed by atoms with Crippen LogP contribution in [-0.2, 0) is 13.6 Å². The Balaban J connectivity index is 1.70. The summed E-state index contributed by atoms with van der Waals surface area (Å²) in [5.41, 5.74) is 0. The molecule has 0 aliphatic heterocycles. The third-order valence-electron chi connectivity index (χ3n) is 3.44. The number of rotatable bonds is 5. The number of nitrogens with zero attached hydrogens (tertiary/aromatic N) is 2. The van der Waals surface area contributed by atoms with Gasteiger partial charge >= 0.3 is 0 Å². The van der Waals surface area contributed by atoms with Crippen molar-refractivity contribution < 1.29 is 0 Å². The minimum atomic E-state index is 0.618. The number of hydrogen-bond acceptors (Lipinski definition) is 2. The molecule has 1 aromatic heterocycles. The van der Waals surface area contributed by atoms with Gasteiger partial charge in [0.15, 0.2) is 0 Å². The number of imidazole rings is 1. The first-order valence-corrected chi connectivity index (χ1v) is 5.95. The third-order valence-corrected chi connectivity index (χ3v) is 3.44. The lowest BCUT2D eigenvalue weighted by molar-refractivity contribution is 0.265. The van der Waals surface area contributed by atoms with Crippen LogP contribution in [0.5, 0.6) is 0 Å². The number of hydrogen-bond donors (Lipinski definition) is 1. The molecule has 1 fully saturated rings. The van der Waals surface area contributed by atoms with Gasteiger partial charge in [0.05, 0.1) is 6.54 Å². The minimum absolute atomic E-state index is 0.618. The van der Waals surface area contributed by atoms with Crippen molar-refractivity contribution in [2.24, 2.45) is 13.0 Å². The summed E-state index contributed by atoms with van der Waals surface area (Å²) in [6.45, 7) is 3.17. The van der Waals surface area contributed by atoms with Crippen molar-refractivity contribution >= 4 is 0 Å². The lowest BCUT2D eigenvalue weighted by Crippen LogP contribution is -2.30. The summed E-state index contributed by atoms with van der Waals surface area (Å²) in [6, 6.07) is 0.618. The molecule has 1 aliphatic rings. The predicted molar refractivity (Wildman–Crippen MR) is 61.5 cm³/mol. The van der Waals surface area contributed by atoms with Crippen molar-refractivity contribution in [1.29, 1.82) is 0 Å². The maximum absolute atomic E-state index is 4.30. The molecule has 1 N–H and O–H groups in total. The van der Waals surface area contributed by atoms with Crippen molar-refractivity contribution in [3.8, 4) is 0 Å². The normalized spacial score (nSPS) is 18.8. The Morgan fingerprint density at radius 2 is 2.40 bits per heavy atom. The van der Waals surface area contributed by atoms with E-state index in [1.165, 1.54) is 25.7 Å². The molecule has 2 rings (SSSR count). The Labute approximate surface area is 91.9 Å². The smallest absolute Gasteiger partial charge is 0.122 e. The molecular weight excluding hydrogens is 186 g/mol. The molecule has 1 aromatic rings. The average Bonchev–Trinajstić information content (AvgIpc) is 2.55. The Bertz CT molecular complexity index is 302. The van der Waals surface area contributed by atoms with Gasteiger partial charge in [0.25, 0.3) is 0 Å². The highest BCUT2D eigenvalue weighted by atomic mass is 15.1. The van der Waals surface area contributed by atoms with E-state index < -0.39 is 0 Å². The van der Waals surface area contributed by atoms with E-state index in [0.717, 1.165) is 18.3 Å². The van der Waals surface area contributed by atoms with Gasteiger partial charge in [-0.2, -0.15) is 0 Å². The zero-order chi connectivity index (χ0) is 10.7. The molecule has 3 nitrogen and oxygen atoms in total. The van der Waals surface area contributed by atoms with Crippen LogP contribution in [0.3, 0.4) is 0 Å². The monoisotopic (exact) mass is 207 g/mol. The minimum Gasteiger partial charge on any atom is -0.337 e. The summed E-state index contributed by atoms with van der Waals surface area (Å²) in [4.78, 5) is 4.30. The Hall–Kier alpha value is -0.830. The zero-order valence-electron chi connectivity index (χ0n) is 9.74. The van der Waals surface area contributed by atoms with E-state index in [1.54, 1.807) is 0 Å². The highest BCUT2D eigenvalue weighted by Gasteiger charge is 2.19. The molecule has 1 atom stereocenters. The van der Waals surface area contributed by atoms with E-state index in [9.17, 15) is 0 Å². The molecule has 0 aromatic carbocycles. The van der Waals surface area contributed by atoms with Crippen LogP contribution in [0.25, 0.3) is 0 Å². The van der Waals surface area contributed by atoms with Crippen LogP contribution in [-0.4, -0.2) is 15.6 Å². The highest BCUT2D eigenvalue weighted by molar-refractivity contribution is 4.90. The second kappa shape index (κ2) is 4.79. The molecule has 3 heteroatoms. The number of aryl methyl sites for hydroxylation is 1. The van der Waals surface area contributed by atoms with Crippen molar-refractivity contribution in [2.75, 3.05) is 0 Å². The van der Waals surface area contributed by atoms with Crippen LogP contribution in [0.1, 0.15) is 38.4 Å². The van der Waals surface area contributed by atoms with Gasteiger partial charge in [-0.1, -0.05) is 19.3 Å². The van der Waals surface area contributed by atoms with Crippen LogP contribution in [0.2, 0.25) is 0 Å². The molecule has 0 saturated heterocycles. The first-order valence-electron chi connectivity index (χ1n) is 5.95. The molecule has 0 bridgehead atoms. The van der Waals surface area contributed by atoms with Gasteiger partial charge in [0.2, 0.25) is 0 Å². The van der Waals surface area contributed by atoms with E-state index in [-0.39, 0.29) is 0 Å². The molecule has 1 heterocycles. The molecule has 1 saturated carbocycles. The fourth-order valence-electron chi connectivity index (χ4n) is 2.14. The van der Waals surface area contributed by atoms with Gasteiger partial charge in [0, 0.05) is 25.5 Å². The molecule has 84 valence electrons. The zero-order valence-corrected chi connectivity index (χ0v) is 9.74. The van der Waals surface area contributed by atoms with Gasteiger partial charge in [-0.25, -0.2) is 4.98 Å². The van der Waals surface area contributed by atoms with Gasteiger partial charge < -0.3 is 9.88 Å². The van der Waals surface area contributed by atoms with E-state index in [0.29, 0.717) is 6.04 Å². The summed E-state index contributed by atoms with van der Waals surface area (Å²) in [5.74, 6) is 2.10. The largest absolute Gasteiger partial charge is 0.337 e. The lowest BCUT2D eigenvalue weighted by atomic mass is 9.81. The highest BCUT2D eigenvalue weighted by Crippen LogP contribution is 2.30. The average molecular weight is 207 g/mol. The quantitative estimate of drug-likeness (QED) is 0.801. The fourth-order valence-corrected chi connectivity index (χ4v) is 2.14. The second-order valence-corrected chi connectivity index (χ2v) is 4.77. The van der Waals surface area contributed by atoms with Gasteiger partial charge in [-0.3, -0.25) is 0 Å². The maximum Gasteiger partial charge on any atom is 0.122 e. The summed E-state index contributed by atoms with van der Waals surface area (Å²) >= 11 is 0. The van der Waals surface area contributed by atoms with Crippen molar-refractivity contribution in [3.05, 3.63) is 18.2 Å². The molecular formula is C12H21N3. The molecule has 1 unspecified atom stereocenters. The van der Waals surface area contributed by atoms with Crippen LogP contribution < -0.4 is 5.32 Å². The molecule has 0 amide bonds. The molecule has 0 spiro atoms. The van der Waals surface area contributed by atoms with E-state index >= 15 is 0 Å². The number of aromatic nitrogens is 2. The van der Waals surface area contributed by atoms with Gasteiger partial charge in [-0.05, 0) is 19.3 Å². The van der Waals surface area contributed by atoms with Crippen LogP contribution in [0.4, 0.5) is 0 Å². The fraction of sp³-hybridized carbons (Fsp3) is 0.750. The molecule has 1 aliphatic carbocycles. The second-order valence-electron chi connectivity index (χ2n) is 4.77. The number of nitrogens with one attached hydrogen (secondary N) is 1. The van der Waals surface area contributed by atoms with Crippen LogP contribution in [0.15, 0.2) is 12.4 Å². The SMILES string of the molecule is CC(CC1CCC1)NCc1nccn1C. The van der Waals surface area contributed by atoms with E-state index in [2.05, 4.69) is 21.8 Å². The summed E-state index contributed by atoms with van der Waals surface area (Å²) in [7, 11) is 2.04. The Kier molecular flexibility index (Phi) is 3.41. The standard InChI is InChI=1S/C12H21N3/c1-10(8-11-4-3-5-11)14-9-12-13-6-7-15(12)2/h6-7,10-11,14H,3-5,8-9H2,1-2H3. The van der Waals surface area contributed by atoms with Gasteiger partial charge in [0.1, 0.15) is 5.82 Å². The van der Waals surface area contributed by atoms with Crippen molar-refractivity contribution in [3.63, 3.8) is 0 Å².